The molecule has 0 radical (unpaired) electrons. The second-order valence-corrected chi connectivity index (χ2v) is 6.36. The van der Waals surface area contributed by atoms with Gasteiger partial charge in [0.05, 0.1) is 6.54 Å². The van der Waals surface area contributed by atoms with Crippen LogP contribution in [0, 0.1) is 13.8 Å². The van der Waals surface area contributed by atoms with Crippen molar-refractivity contribution in [3.63, 3.8) is 0 Å². The van der Waals surface area contributed by atoms with Crippen LogP contribution < -0.4 is 5.32 Å². The van der Waals surface area contributed by atoms with E-state index in [1.807, 2.05) is 6.92 Å². The third kappa shape index (κ3) is 2.74. The van der Waals surface area contributed by atoms with Crippen LogP contribution in [-0.2, 0) is 6.54 Å². The molecule has 2 aromatic rings. The molecular formula is C14H16ClN3S. The molecule has 0 amide bonds. The van der Waals surface area contributed by atoms with E-state index in [0.717, 1.165) is 23.8 Å². The second kappa shape index (κ2) is 5.10. The van der Waals surface area contributed by atoms with Gasteiger partial charge >= 0.3 is 0 Å². The summed E-state index contributed by atoms with van der Waals surface area (Å²) >= 11 is 7.96. The number of hydrogen-bond donors (Lipinski definition) is 1. The number of hydrogen-bond acceptors (Lipinski definition) is 4. The summed E-state index contributed by atoms with van der Waals surface area (Å²) in [5.41, 5.74) is 2.25. The Balaban J connectivity index is 1.81. The molecule has 1 saturated carbocycles. The first-order valence-corrected chi connectivity index (χ1v) is 7.72. The molecule has 1 fully saturated rings. The van der Waals surface area contributed by atoms with E-state index < -0.39 is 0 Å². The Morgan fingerprint density at radius 1 is 1.37 bits per heavy atom. The molecule has 100 valence electrons. The van der Waals surface area contributed by atoms with Crippen LogP contribution in [0.15, 0.2) is 11.4 Å². The van der Waals surface area contributed by atoms with Crippen LogP contribution in [0.5, 0.6) is 0 Å². The predicted molar refractivity (Wildman–Crippen MR) is 80.1 cm³/mol. The van der Waals surface area contributed by atoms with Crippen molar-refractivity contribution in [3.05, 3.63) is 38.4 Å². The number of halogens is 1. The first kappa shape index (κ1) is 12.9. The molecule has 0 atom stereocenters. The van der Waals surface area contributed by atoms with Gasteiger partial charge in [0.25, 0.3) is 0 Å². The first-order valence-electron chi connectivity index (χ1n) is 6.46. The molecular weight excluding hydrogens is 278 g/mol. The minimum atomic E-state index is 0.516. The van der Waals surface area contributed by atoms with E-state index >= 15 is 0 Å². The van der Waals surface area contributed by atoms with Crippen LogP contribution in [0.1, 0.15) is 40.6 Å². The van der Waals surface area contributed by atoms with Gasteiger partial charge in [-0.2, -0.15) is 0 Å². The van der Waals surface area contributed by atoms with Gasteiger partial charge in [0.15, 0.2) is 0 Å². The number of nitrogens with one attached hydrogen (secondary N) is 1. The molecule has 0 unspecified atom stereocenters. The molecule has 19 heavy (non-hydrogen) atoms. The summed E-state index contributed by atoms with van der Waals surface area (Å²) in [5.74, 6) is 2.28. The fourth-order valence-corrected chi connectivity index (χ4v) is 2.97. The molecule has 2 aromatic heterocycles. The van der Waals surface area contributed by atoms with Crippen molar-refractivity contribution in [2.45, 2.75) is 39.2 Å². The van der Waals surface area contributed by atoms with Gasteiger partial charge in [-0.05, 0) is 43.7 Å². The van der Waals surface area contributed by atoms with Crippen molar-refractivity contribution in [1.29, 1.82) is 0 Å². The smallest absolute Gasteiger partial charge is 0.137 e. The summed E-state index contributed by atoms with van der Waals surface area (Å²) in [4.78, 5) is 10.3. The Morgan fingerprint density at radius 2 is 2.16 bits per heavy atom. The minimum Gasteiger partial charge on any atom is -0.365 e. The zero-order valence-corrected chi connectivity index (χ0v) is 12.6. The molecule has 0 bridgehead atoms. The fraction of sp³-hybridized carbons (Fsp3) is 0.429. The lowest BCUT2D eigenvalue weighted by molar-refractivity contribution is 0.912. The molecule has 5 heteroatoms. The van der Waals surface area contributed by atoms with E-state index in [9.17, 15) is 0 Å². The summed E-state index contributed by atoms with van der Waals surface area (Å²) < 4.78 is 0. The SMILES string of the molecule is Cc1ccsc1CNc1nc(C2CC2)nc(Cl)c1C. The highest BCUT2D eigenvalue weighted by Gasteiger charge is 2.28. The summed E-state index contributed by atoms with van der Waals surface area (Å²) in [6.07, 6.45) is 2.37. The van der Waals surface area contributed by atoms with Crippen molar-refractivity contribution < 1.29 is 0 Å². The van der Waals surface area contributed by atoms with Gasteiger partial charge in [-0.25, -0.2) is 9.97 Å². The van der Waals surface area contributed by atoms with Gasteiger partial charge in [-0.15, -0.1) is 11.3 Å². The largest absolute Gasteiger partial charge is 0.365 e. The zero-order valence-electron chi connectivity index (χ0n) is 11.0. The number of rotatable bonds is 4. The Hall–Kier alpha value is -1.13. The van der Waals surface area contributed by atoms with E-state index in [2.05, 4.69) is 33.7 Å². The van der Waals surface area contributed by atoms with Crippen molar-refractivity contribution in [3.8, 4) is 0 Å². The van der Waals surface area contributed by atoms with Gasteiger partial charge in [0.1, 0.15) is 16.8 Å². The Morgan fingerprint density at radius 3 is 2.79 bits per heavy atom. The molecule has 0 spiro atoms. The average Bonchev–Trinajstić information content (AvgIpc) is 3.15. The highest BCUT2D eigenvalue weighted by Crippen LogP contribution is 2.39. The first-order chi connectivity index (χ1) is 9.15. The Bertz CT molecular complexity index is 605. The van der Waals surface area contributed by atoms with E-state index in [-0.39, 0.29) is 0 Å². The van der Waals surface area contributed by atoms with Gasteiger partial charge in [-0.3, -0.25) is 0 Å². The van der Waals surface area contributed by atoms with Crippen LogP contribution in [-0.4, -0.2) is 9.97 Å². The van der Waals surface area contributed by atoms with Gasteiger partial charge in [0.2, 0.25) is 0 Å². The maximum Gasteiger partial charge on any atom is 0.137 e. The Labute approximate surface area is 122 Å². The van der Waals surface area contributed by atoms with Gasteiger partial charge < -0.3 is 5.32 Å². The molecule has 2 heterocycles. The standard InChI is InChI=1S/C14H16ClN3S/c1-8-5-6-19-11(8)7-16-13-9(2)12(15)17-14(18-13)10-3-4-10/h5-6,10H,3-4,7H2,1-2H3,(H,16,17,18). The maximum atomic E-state index is 6.19. The van der Waals surface area contributed by atoms with Crippen LogP contribution in [0.2, 0.25) is 5.15 Å². The normalized spacial score (nSPS) is 14.7. The van der Waals surface area contributed by atoms with E-state index in [4.69, 9.17) is 11.6 Å². The lowest BCUT2D eigenvalue weighted by Gasteiger charge is -2.11. The number of aromatic nitrogens is 2. The molecule has 0 aromatic carbocycles. The van der Waals surface area contributed by atoms with Crippen molar-refractivity contribution >= 4 is 28.8 Å². The van der Waals surface area contributed by atoms with Crippen molar-refractivity contribution in [2.75, 3.05) is 5.32 Å². The van der Waals surface area contributed by atoms with Crippen molar-refractivity contribution in [2.24, 2.45) is 0 Å². The van der Waals surface area contributed by atoms with Crippen LogP contribution in [0.25, 0.3) is 0 Å². The van der Waals surface area contributed by atoms with Crippen molar-refractivity contribution in [1.82, 2.24) is 9.97 Å². The zero-order chi connectivity index (χ0) is 13.4. The monoisotopic (exact) mass is 293 g/mol. The predicted octanol–water partition coefficient (Wildman–Crippen LogP) is 4.30. The molecule has 1 aliphatic carbocycles. The third-order valence-electron chi connectivity index (χ3n) is 3.43. The summed E-state index contributed by atoms with van der Waals surface area (Å²) in [6.45, 7) is 4.88. The summed E-state index contributed by atoms with van der Waals surface area (Å²) in [6, 6.07) is 2.14. The van der Waals surface area contributed by atoms with E-state index in [1.165, 1.54) is 23.3 Å². The molecule has 1 N–H and O–H groups in total. The third-order valence-corrected chi connectivity index (χ3v) is 4.82. The van der Waals surface area contributed by atoms with Gasteiger partial charge in [-0.1, -0.05) is 11.6 Å². The maximum absolute atomic E-state index is 6.19. The summed E-state index contributed by atoms with van der Waals surface area (Å²) in [7, 11) is 0. The number of anilines is 1. The molecule has 3 rings (SSSR count). The molecule has 0 saturated heterocycles. The number of aryl methyl sites for hydroxylation is 1. The van der Waals surface area contributed by atoms with E-state index in [0.29, 0.717) is 11.1 Å². The highest BCUT2D eigenvalue weighted by atomic mass is 35.5. The molecule has 1 aliphatic rings. The van der Waals surface area contributed by atoms with Gasteiger partial charge in [0, 0.05) is 16.4 Å². The lowest BCUT2D eigenvalue weighted by Crippen LogP contribution is -2.06. The number of thiophene rings is 1. The molecule has 3 nitrogen and oxygen atoms in total. The van der Waals surface area contributed by atoms with Crippen LogP contribution >= 0.6 is 22.9 Å². The van der Waals surface area contributed by atoms with E-state index in [1.54, 1.807) is 11.3 Å². The number of nitrogens with zero attached hydrogens (tertiary/aromatic N) is 2. The minimum absolute atomic E-state index is 0.516. The average molecular weight is 294 g/mol. The van der Waals surface area contributed by atoms with Crippen LogP contribution in [0.4, 0.5) is 5.82 Å². The highest BCUT2D eigenvalue weighted by molar-refractivity contribution is 7.10. The second-order valence-electron chi connectivity index (χ2n) is 5.00. The van der Waals surface area contributed by atoms with Crippen LogP contribution in [0.3, 0.4) is 0 Å². The topological polar surface area (TPSA) is 37.8 Å². The lowest BCUT2D eigenvalue weighted by atomic mass is 10.2. The molecule has 0 aliphatic heterocycles. The Kier molecular flexibility index (Phi) is 3.46. The fourth-order valence-electron chi connectivity index (χ4n) is 1.95. The summed E-state index contributed by atoms with van der Waals surface area (Å²) in [5, 5.41) is 6.08. The quantitative estimate of drug-likeness (QED) is 0.854.